The van der Waals surface area contributed by atoms with Gasteiger partial charge in [0.2, 0.25) is 0 Å². The molecule has 0 amide bonds. The summed E-state index contributed by atoms with van der Waals surface area (Å²) in [4.78, 5) is 32.8. The zero-order chi connectivity index (χ0) is 28.1. The van der Waals surface area contributed by atoms with E-state index in [4.69, 9.17) is 19.2 Å². The van der Waals surface area contributed by atoms with Crippen molar-refractivity contribution in [2.75, 3.05) is 20.3 Å². The summed E-state index contributed by atoms with van der Waals surface area (Å²) in [7, 11) is 1.59. The average molecular weight is 553 g/mol. The van der Waals surface area contributed by atoms with Gasteiger partial charge >= 0.3 is 5.97 Å². The van der Waals surface area contributed by atoms with E-state index in [9.17, 15) is 9.59 Å². The molecule has 0 spiro atoms. The molecule has 5 rings (SSSR count). The molecule has 0 N–H and O–H groups in total. The number of nitrogens with zero attached hydrogens (tertiary/aromatic N) is 2. The maximum absolute atomic E-state index is 13.9. The first-order valence-corrected chi connectivity index (χ1v) is 13.6. The van der Waals surface area contributed by atoms with E-state index in [0.29, 0.717) is 38.7 Å². The molecule has 1 atom stereocenters. The first-order valence-electron chi connectivity index (χ1n) is 12.8. The van der Waals surface area contributed by atoms with Crippen molar-refractivity contribution < 1.29 is 19.0 Å². The number of rotatable bonds is 9. The Morgan fingerprint density at radius 2 is 1.73 bits per heavy atom. The molecule has 1 aromatic heterocycles. The van der Waals surface area contributed by atoms with Crippen molar-refractivity contribution in [3.8, 4) is 11.5 Å². The molecule has 0 aliphatic carbocycles. The van der Waals surface area contributed by atoms with Crippen molar-refractivity contribution in [1.29, 1.82) is 0 Å². The number of hydrogen-bond donors (Lipinski definition) is 0. The molecule has 1 aliphatic heterocycles. The van der Waals surface area contributed by atoms with E-state index in [-0.39, 0.29) is 12.2 Å². The highest BCUT2D eigenvalue weighted by Crippen LogP contribution is 2.35. The van der Waals surface area contributed by atoms with E-state index in [1.54, 1.807) is 24.7 Å². The quantitative estimate of drug-likeness (QED) is 0.226. The second kappa shape index (κ2) is 12.0. The van der Waals surface area contributed by atoms with Crippen LogP contribution in [0.3, 0.4) is 0 Å². The van der Waals surface area contributed by atoms with Crippen LogP contribution in [-0.4, -0.2) is 30.9 Å². The molecule has 0 unspecified atom stereocenters. The van der Waals surface area contributed by atoms with Crippen LogP contribution in [0.2, 0.25) is 0 Å². The summed E-state index contributed by atoms with van der Waals surface area (Å²) in [5.41, 5.74) is 2.88. The van der Waals surface area contributed by atoms with Crippen LogP contribution in [-0.2, 0) is 9.53 Å². The Hall–Kier alpha value is -4.69. The van der Waals surface area contributed by atoms with E-state index in [0.717, 1.165) is 16.7 Å². The SMILES string of the molecule is C=CCOc1ccc(/C=c2\sc3n(c2=O)[C@@H](c2ccc(OC)cc2)C(C(=O)OCC)=C(c2ccccc2)N=3)cc1. The van der Waals surface area contributed by atoms with Gasteiger partial charge in [-0.15, -0.1) is 0 Å². The summed E-state index contributed by atoms with van der Waals surface area (Å²) in [6.45, 7) is 6.02. The molecule has 0 fully saturated rings. The maximum atomic E-state index is 13.9. The number of methoxy groups -OCH3 is 1. The van der Waals surface area contributed by atoms with Crippen LogP contribution in [0.5, 0.6) is 11.5 Å². The predicted molar refractivity (Wildman–Crippen MR) is 156 cm³/mol. The lowest BCUT2D eigenvalue weighted by Crippen LogP contribution is -2.40. The number of aromatic nitrogens is 1. The minimum Gasteiger partial charge on any atom is -0.497 e. The Bertz CT molecular complexity index is 1730. The highest BCUT2D eigenvalue weighted by molar-refractivity contribution is 7.07. The topological polar surface area (TPSA) is 79.1 Å². The molecule has 2 heterocycles. The Balaban J connectivity index is 1.73. The fraction of sp³-hybridized carbons (Fsp3) is 0.156. The monoisotopic (exact) mass is 552 g/mol. The van der Waals surface area contributed by atoms with Crippen LogP contribution in [0.4, 0.5) is 0 Å². The third-order valence-corrected chi connectivity index (χ3v) is 7.33. The van der Waals surface area contributed by atoms with Crippen LogP contribution >= 0.6 is 11.3 Å². The number of ether oxygens (including phenoxy) is 3. The van der Waals surface area contributed by atoms with Gasteiger partial charge in [-0.3, -0.25) is 9.36 Å². The second-order valence-electron chi connectivity index (χ2n) is 8.87. The summed E-state index contributed by atoms with van der Waals surface area (Å²) in [5, 5.41) is 0. The van der Waals surface area contributed by atoms with Gasteiger partial charge in [-0.05, 0) is 48.4 Å². The first-order chi connectivity index (χ1) is 19.5. The van der Waals surface area contributed by atoms with E-state index >= 15 is 0 Å². The summed E-state index contributed by atoms with van der Waals surface area (Å²) in [5.74, 6) is 0.863. The highest BCUT2D eigenvalue weighted by Gasteiger charge is 2.35. The molecule has 4 aromatic rings. The van der Waals surface area contributed by atoms with Gasteiger partial charge in [0.15, 0.2) is 4.80 Å². The second-order valence-corrected chi connectivity index (χ2v) is 9.88. The Morgan fingerprint density at radius 1 is 1.02 bits per heavy atom. The van der Waals surface area contributed by atoms with Crippen molar-refractivity contribution in [2.24, 2.45) is 4.99 Å². The zero-order valence-electron chi connectivity index (χ0n) is 22.2. The highest BCUT2D eigenvalue weighted by atomic mass is 32.1. The Kier molecular flexibility index (Phi) is 8.07. The molecule has 0 bridgehead atoms. The van der Waals surface area contributed by atoms with E-state index in [1.807, 2.05) is 84.9 Å². The summed E-state index contributed by atoms with van der Waals surface area (Å²) in [6.07, 6.45) is 3.50. The number of fused-ring (bicyclic) bond motifs is 1. The van der Waals surface area contributed by atoms with Crippen LogP contribution in [0.1, 0.15) is 29.7 Å². The van der Waals surface area contributed by atoms with E-state index in [1.165, 1.54) is 11.3 Å². The van der Waals surface area contributed by atoms with Gasteiger partial charge in [0.25, 0.3) is 5.56 Å². The minimum absolute atomic E-state index is 0.191. The number of carbonyl (C=O) groups is 1. The number of thiazole rings is 1. The summed E-state index contributed by atoms with van der Waals surface area (Å²) >= 11 is 1.28. The Labute approximate surface area is 235 Å². The molecule has 202 valence electrons. The summed E-state index contributed by atoms with van der Waals surface area (Å²) < 4.78 is 18.5. The van der Waals surface area contributed by atoms with Gasteiger partial charge in [0, 0.05) is 5.56 Å². The molecule has 0 radical (unpaired) electrons. The lowest BCUT2D eigenvalue weighted by Gasteiger charge is -2.26. The zero-order valence-corrected chi connectivity index (χ0v) is 23.0. The fourth-order valence-corrected chi connectivity index (χ4v) is 5.51. The third kappa shape index (κ3) is 5.39. The van der Waals surface area contributed by atoms with E-state index < -0.39 is 12.0 Å². The van der Waals surface area contributed by atoms with Gasteiger partial charge < -0.3 is 14.2 Å². The van der Waals surface area contributed by atoms with Gasteiger partial charge in [-0.1, -0.05) is 78.6 Å². The maximum Gasteiger partial charge on any atom is 0.338 e. The molecule has 40 heavy (non-hydrogen) atoms. The molecule has 1 aliphatic rings. The normalized spacial score (nSPS) is 14.8. The van der Waals surface area contributed by atoms with Crippen molar-refractivity contribution in [2.45, 2.75) is 13.0 Å². The van der Waals surface area contributed by atoms with Crippen molar-refractivity contribution >= 4 is 29.1 Å². The van der Waals surface area contributed by atoms with Gasteiger partial charge in [-0.2, -0.15) is 0 Å². The van der Waals surface area contributed by atoms with Crippen molar-refractivity contribution in [3.05, 3.63) is 133 Å². The predicted octanol–water partition coefficient (Wildman–Crippen LogP) is 4.51. The molecular weight excluding hydrogens is 524 g/mol. The van der Waals surface area contributed by atoms with Crippen LogP contribution in [0.15, 0.2) is 107 Å². The fourth-order valence-electron chi connectivity index (χ4n) is 4.51. The number of carbonyl (C=O) groups excluding carboxylic acids is 1. The van der Waals surface area contributed by atoms with Crippen molar-refractivity contribution in [1.82, 2.24) is 4.57 Å². The largest absolute Gasteiger partial charge is 0.497 e. The third-order valence-electron chi connectivity index (χ3n) is 6.35. The molecule has 0 saturated heterocycles. The van der Waals surface area contributed by atoms with Crippen molar-refractivity contribution in [3.63, 3.8) is 0 Å². The number of esters is 1. The van der Waals surface area contributed by atoms with Gasteiger partial charge in [0.1, 0.15) is 18.1 Å². The lowest BCUT2D eigenvalue weighted by atomic mass is 9.93. The molecule has 8 heteroatoms. The van der Waals surface area contributed by atoms with Crippen LogP contribution < -0.4 is 24.4 Å². The summed E-state index contributed by atoms with van der Waals surface area (Å²) in [6, 6.07) is 23.5. The van der Waals surface area contributed by atoms with Gasteiger partial charge in [-0.25, -0.2) is 9.79 Å². The smallest absolute Gasteiger partial charge is 0.338 e. The molecule has 7 nitrogen and oxygen atoms in total. The van der Waals surface area contributed by atoms with Gasteiger partial charge in [0.05, 0.1) is 35.6 Å². The number of benzene rings is 3. The molecule has 0 saturated carbocycles. The minimum atomic E-state index is -0.742. The molecule has 3 aromatic carbocycles. The standard InChI is InChI=1S/C32H28N2O5S/c1-4-19-39-25-15-11-21(12-16-25)20-26-30(35)34-29(23-13-17-24(37-3)18-14-23)27(31(36)38-5-2)28(33-32(34)40-26)22-9-7-6-8-10-22/h4,6-18,20,29H,1,5,19H2,2-3H3/b26-20-/t29-/m0/s1. The number of hydrogen-bond acceptors (Lipinski definition) is 7. The first kappa shape index (κ1) is 26.9. The average Bonchev–Trinajstić information content (AvgIpc) is 3.30. The Morgan fingerprint density at radius 3 is 2.38 bits per heavy atom. The van der Waals surface area contributed by atoms with E-state index in [2.05, 4.69) is 6.58 Å². The van der Waals surface area contributed by atoms with Crippen LogP contribution in [0.25, 0.3) is 11.8 Å². The lowest BCUT2D eigenvalue weighted by molar-refractivity contribution is -0.138. The van der Waals surface area contributed by atoms with Crippen LogP contribution in [0, 0.1) is 0 Å². The molecular formula is C32H28N2O5S.